The second kappa shape index (κ2) is 8.93. The van der Waals surface area contributed by atoms with Crippen LogP contribution in [-0.2, 0) is 11.3 Å². The maximum Gasteiger partial charge on any atom is 0.272 e. The normalized spacial score (nSPS) is 19.7. The summed E-state index contributed by atoms with van der Waals surface area (Å²) >= 11 is 0. The van der Waals surface area contributed by atoms with E-state index in [1.807, 2.05) is 41.3 Å². The number of rotatable bonds is 5. The van der Waals surface area contributed by atoms with Crippen molar-refractivity contribution in [3.8, 4) is 5.75 Å². The molecule has 0 N–H and O–H groups in total. The highest BCUT2D eigenvalue weighted by Gasteiger charge is 2.37. The Morgan fingerprint density at radius 1 is 1.07 bits per heavy atom. The van der Waals surface area contributed by atoms with Gasteiger partial charge in [0.15, 0.2) is 0 Å². The molecular formula is C23H29N3O3. The van der Waals surface area contributed by atoms with Gasteiger partial charge in [0.05, 0.1) is 19.4 Å². The summed E-state index contributed by atoms with van der Waals surface area (Å²) < 4.78 is 11.2. The molecule has 0 atom stereocenters. The molecule has 4 rings (SSSR count). The van der Waals surface area contributed by atoms with Crippen molar-refractivity contribution in [2.24, 2.45) is 0 Å². The average Bonchev–Trinajstić information content (AvgIpc) is 2.79. The highest BCUT2D eigenvalue weighted by molar-refractivity contribution is 5.92. The molecule has 154 valence electrons. The first kappa shape index (κ1) is 19.9. The number of ether oxygens (including phenoxy) is 2. The van der Waals surface area contributed by atoms with Gasteiger partial charge in [-0.05, 0) is 37.5 Å². The van der Waals surface area contributed by atoms with Crippen molar-refractivity contribution in [2.75, 3.05) is 39.4 Å². The number of likely N-dealkylation sites (tertiary alicyclic amines) is 1. The van der Waals surface area contributed by atoms with Gasteiger partial charge < -0.3 is 14.4 Å². The molecule has 2 aliphatic rings. The van der Waals surface area contributed by atoms with Gasteiger partial charge in [0.1, 0.15) is 18.1 Å². The Morgan fingerprint density at radius 2 is 1.79 bits per heavy atom. The van der Waals surface area contributed by atoms with E-state index in [0.717, 1.165) is 57.8 Å². The van der Waals surface area contributed by atoms with Crippen LogP contribution in [0.1, 0.15) is 35.8 Å². The maximum atomic E-state index is 12.9. The van der Waals surface area contributed by atoms with Crippen LogP contribution >= 0.6 is 0 Å². The van der Waals surface area contributed by atoms with Crippen LogP contribution in [0, 0.1) is 0 Å². The fraction of sp³-hybridized carbons (Fsp3) is 0.478. The Morgan fingerprint density at radius 3 is 2.45 bits per heavy atom. The topological polar surface area (TPSA) is 54.9 Å². The van der Waals surface area contributed by atoms with E-state index in [0.29, 0.717) is 18.1 Å². The Kier molecular flexibility index (Phi) is 6.11. The summed E-state index contributed by atoms with van der Waals surface area (Å²) in [7, 11) is 0. The van der Waals surface area contributed by atoms with Gasteiger partial charge in [0.25, 0.3) is 5.91 Å². The number of piperidine rings is 1. The van der Waals surface area contributed by atoms with Crippen molar-refractivity contribution in [1.29, 1.82) is 0 Å². The Hall–Kier alpha value is -2.44. The van der Waals surface area contributed by atoms with E-state index < -0.39 is 0 Å². The highest BCUT2D eigenvalue weighted by atomic mass is 16.5. The summed E-state index contributed by atoms with van der Waals surface area (Å²) in [6, 6.07) is 13.6. The molecule has 1 amide bonds. The average molecular weight is 396 g/mol. The summed E-state index contributed by atoms with van der Waals surface area (Å²) in [6.45, 7) is 7.91. The zero-order valence-electron chi connectivity index (χ0n) is 17.0. The molecule has 2 fully saturated rings. The van der Waals surface area contributed by atoms with E-state index in [9.17, 15) is 4.79 Å². The minimum absolute atomic E-state index is 0.00337. The van der Waals surface area contributed by atoms with Crippen LogP contribution in [0.2, 0.25) is 0 Å². The number of aromatic nitrogens is 1. The maximum absolute atomic E-state index is 12.9. The van der Waals surface area contributed by atoms with Crippen molar-refractivity contribution in [2.45, 2.75) is 31.9 Å². The molecule has 0 spiro atoms. The Balaban J connectivity index is 1.30. The van der Waals surface area contributed by atoms with Crippen LogP contribution in [0.25, 0.3) is 0 Å². The number of amides is 1. The molecule has 0 unspecified atom stereocenters. The number of hydrogen-bond donors (Lipinski definition) is 0. The molecule has 0 saturated carbocycles. The first-order chi connectivity index (χ1) is 14.1. The van der Waals surface area contributed by atoms with Gasteiger partial charge in [0.2, 0.25) is 0 Å². The van der Waals surface area contributed by atoms with Gasteiger partial charge in [-0.15, -0.1) is 0 Å². The van der Waals surface area contributed by atoms with Gasteiger partial charge in [-0.3, -0.25) is 9.69 Å². The van der Waals surface area contributed by atoms with Crippen LogP contribution in [0.4, 0.5) is 0 Å². The lowest BCUT2D eigenvalue weighted by molar-refractivity contribution is -0.0372. The predicted molar refractivity (Wildman–Crippen MR) is 111 cm³/mol. The van der Waals surface area contributed by atoms with Crippen LogP contribution in [0.3, 0.4) is 0 Å². The van der Waals surface area contributed by atoms with E-state index in [1.165, 1.54) is 0 Å². The fourth-order valence-corrected chi connectivity index (χ4v) is 4.11. The van der Waals surface area contributed by atoms with Crippen LogP contribution < -0.4 is 4.74 Å². The summed E-state index contributed by atoms with van der Waals surface area (Å²) in [5, 5.41) is 0. The monoisotopic (exact) mass is 395 g/mol. The molecule has 2 aromatic rings. The van der Waals surface area contributed by atoms with E-state index in [-0.39, 0.29) is 11.4 Å². The molecule has 1 aromatic carbocycles. The van der Waals surface area contributed by atoms with Crippen molar-refractivity contribution < 1.29 is 14.3 Å². The van der Waals surface area contributed by atoms with Crippen molar-refractivity contribution in [3.05, 3.63) is 59.9 Å². The van der Waals surface area contributed by atoms with E-state index >= 15 is 0 Å². The number of nitrogens with zero attached hydrogens (tertiary/aromatic N) is 3. The van der Waals surface area contributed by atoms with Gasteiger partial charge in [0, 0.05) is 31.7 Å². The molecule has 1 aromatic heterocycles. The molecule has 6 heteroatoms. The lowest BCUT2D eigenvalue weighted by Gasteiger charge is -2.48. The molecule has 2 aliphatic heterocycles. The third-order valence-electron chi connectivity index (χ3n) is 6.11. The molecule has 0 aliphatic carbocycles. The van der Waals surface area contributed by atoms with Crippen LogP contribution in [-0.4, -0.2) is 65.6 Å². The van der Waals surface area contributed by atoms with Gasteiger partial charge in [-0.2, -0.15) is 0 Å². The zero-order chi connectivity index (χ0) is 20.1. The Bertz CT molecular complexity index is 796. The second-order valence-corrected chi connectivity index (χ2v) is 8.04. The number of morpholine rings is 1. The Labute approximate surface area is 172 Å². The third-order valence-corrected chi connectivity index (χ3v) is 6.11. The fourth-order valence-electron chi connectivity index (χ4n) is 4.11. The van der Waals surface area contributed by atoms with E-state index in [4.69, 9.17) is 9.47 Å². The highest BCUT2D eigenvalue weighted by Crippen LogP contribution is 2.29. The lowest BCUT2D eigenvalue weighted by atomic mass is 9.87. The summed E-state index contributed by atoms with van der Waals surface area (Å²) in [5.41, 5.74) is 1.74. The standard InChI is InChI=1S/C23H29N3O3/c1-23(26-13-15-28-16-14-26)9-11-25(12-10-23)22(27)21-8-7-20(17-24-21)29-18-19-5-3-2-4-6-19/h2-8,17H,9-16,18H2,1H3. The number of hydrogen-bond acceptors (Lipinski definition) is 5. The van der Waals surface area contributed by atoms with E-state index in [1.54, 1.807) is 12.3 Å². The van der Waals surface area contributed by atoms with Crippen LogP contribution in [0.15, 0.2) is 48.7 Å². The summed E-state index contributed by atoms with van der Waals surface area (Å²) in [5.74, 6) is 0.674. The number of carbonyl (C=O) groups excluding carboxylic acids is 1. The number of pyridine rings is 1. The molecule has 2 saturated heterocycles. The SMILES string of the molecule is CC1(N2CCOCC2)CCN(C(=O)c2ccc(OCc3ccccc3)cn2)CC1. The zero-order valence-corrected chi connectivity index (χ0v) is 17.0. The summed E-state index contributed by atoms with van der Waals surface area (Å²) in [6.07, 6.45) is 3.60. The molecule has 0 bridgehead atoms. The van der Waals surface area contributed by atoms with Crippen molar-refractivity contribution in [1.82, 2.24) is 14.8 Å². The molecule has 0 radical (unpaired) electrons. The first-order valence-corrected chi connectivity index (χ1v) is 10.4. The molecule has 6 nitrogen and oxygen atoms in total. The number of carbonyl (C=O) groups is 1. The third kappa shape index (κ3) is 4.77. The van der Waals surface area contributed by atoms with Crippen molar-refractivity contribution >= 4 is 5.91 Å². The first-order valence-electron chi connectivity index (χ1n) is 10.4. The summed E-state index contributed by atoms with van der Waals surface area (Å²) in [4.78, 5) is 21.7. The van der Waals surface area contributed by atoms with Gasteiger partial charge in [-0.1, -0.05) is 30.3 Å². The van der Waals surface area contributed by atoms with Crippen molar-refractivity contribution in [3.63, 3.8) is 0 Å². The predicted octanol–water partition coefficient (Wildman–Crippen LogP) is 2.99. The largest absolute Gasteiger partial charge is 0.487 e. The van der Waals surface area contributed by atoms with Gasteiger partial charge >= 0.3 is 0 Å². The number of benzene rings is 1. The molecule has 3 heterocycles. The second-order valence-electron chi connectivity index (χ2n) is 8.04. The molecular weight excluding hydrogens is 366 g/mol. The van der Waals surface area contributed by atoms with Gasteiger partial charge in [-0.25, -0.2) is 4.98 Å². The smallest absolute Gasteiger partial charge is 0.272 e. The van der Waals surface area contributed by atoms with E-state index in [2.05, 4.69) is 16.8 Å². The quantitative estimate of drug-likeness (QED) is 0.779. The van der Waals surface area contributed by atoms with Crippen LogP contribution in [0.5, 0.6) is 5.75 Å². The minimum Gasteiger partial charge on any atom is -0.487 e. The lowest BCUT2D eigenvalue weighted by Crippen LogP contribution is -2.57. The molecule has 29 heavy (non-hydrogen) atoms. The minimum atomic E-state index is 0.00337.